The molecule has 0 aromatic heterocycles. The molecule has 0 aliphatic rings. The van der Waals surface area contributed by atoms with Gasteiger partial charge in [0.05, 0.1) is 0 Å². The van der Waals surface area contributed by atoms with Crippen LogP contribution in [0.4, 0.5) is 0 Å². The lowest BCUT2D eigenvalue weighted by molar-refractivity contribution is 0.122. The van der Waals surface area contributed by atoms with E-state index in [-0.39, 0.29) is 11.0 Å². The molecule has 0 rings (SSSR count). The van der Waals surface area contributed by atoms with Gasteiger partial charge in [-0.05, 0) is 6.42 Å². The van der Waals surface area contributed by atoms with Gasteiger partial charge in [0.15, 0.2) is 0 Å². The Labute approximate surface area is 106 Å². The van der Waals surface area contributed by atoms with Gasteiger partial charge in [-0.3, -0.25) is 0 Å². The Balaban J connectivity index is 0. The highest BCUT2D eigenvalue weighted by Crippen LogP contribution is 2.17. The van der Waals surface area contributed by atoms with Crippen LogP contribution in [0.5, 0.6) is 0 Å². The summed E-state index contributed by atoms with van der Waals surface area (Å²) in [4.78, 5) is 0. The van der Waals surface area contributed by atoms with Crippen LogP contribution in [0, 0.1) is 0 Å². The summed E-state index contributed by atoms with van der Waals surface area (Å²) < 4.78 is 16.1. The number of hydrogen-bond acceptors (Lipinski definition) is 3. The summed E-state index contributed by atoms with van der Waals surface area (Å²) in [7, 11) is 2.74. The average Bonchev–Trinajstić information content (AvgIpc) is 2.29. The lowest BCUT2D eigenvalue weighted by atomic mass is 10.1. The van der Waals surface area contributed by atoms with E-state index in [9.17, 15) is 0 Å². The Hall–Kier alpha value is 0.314. The molecule has 4 radical (unpaired) electrons. The second kappa shape index (κ2) is 11.8. The molecule has 0 atom stereocenters. The number of rotatable bonds is 10. The maximum Gasteiger partial charge on any atom is 0.500 e. The highest BCUT2D eigenvalue weighted by Gasteiger charge is 2.36. The average molecular weight is 262 g/mol. The predicted molar refractivity (Wildman–Crippen MR) is 70.7 cm³/mol. The molecule has 0 aromatic rings. The summed E-state index contributed by atoms with van der Waals surface area (Å²) in [5.41, 5.74) is 0. The van der Waals surface area contributed by atoms with Crippen molar-refractivity contribution in [2.24, 2.45) is 0 Å². The third-order valence-electron chi connectivity index (χ3n) is 2.77. The quantitative estimate of drug-likeness (QED) is 0.447. The lowest BCUT2D eigenvalue weighted by Gasteiger charge is -2.24. The van der Waals surface area contributed by atoms with E-state index in [2.05, 4.69) is 6.92 Å². The Kier molecular flexibility index (Phi) is 13.8. The Morgan fingerprint density at radius 1 is 0.750 bits per heavy atom. The fourth-order valence-corrected chi connectivity index (χ4v) is 3.47. The van der Waals surface area contributed by atoms with Gasteiger partial charge in [0.2, 0.25) is 0 Å². The molecule has 0 saturated heterocycles. The van der Waals surface area contributed by atoms with Crippen molar-refractivity contribution in [3.8, 4) is 0 Å². The maximum absolute atomic E-state index is 5.36. The second-order valence-electron chi connectivity index (χ2n) is 3.81. The first kappa shape index (κ1) is 18.7. The maximum atomic E-state index is 5.36. The molecule has 5 heteroatoms. The molecule has 0 saturated carbocycles. The van der Waals surface area contributed by atoms with Crippen LogP contribution in [0.25, 0.3) is 0 Å². The molecule has 0 aromatic carbocycles. The summed E-state index contributed by atoms with van der Waals surface area (Å²) >= 11 is 0. The SMILES string of the molecule is CCCCCCCC[Si](OC)(OC)OC.[Si]. The molecular formula is C11H26O3Si2. The van der Waals surface area contributed by atoms with Crippen LogP contribution in [0.2, 0.25) is 6.04 Å². The van der Waals surface area contributed by atoms with Crippen LogP contribution >= 0.6 is 0 Å². The van der Waals surface area contributed by atoms with E-state index in [1.807, 2.05) is 0 Å². The Morgan fingerprint density at radius 2 is 1.19 bits per heavy atom. The fourth-order valence-electron chi connectivity index (χ4n) is 1.68. The van der Waals surface area contributed by atoms with E-state index in [0.717, 1.165) is 12.5 Å². The Morgan fingerprint density at radius 3 is 1.62 bits per heavy atom. The van der Waals surface area contributed by atoms with Crippen molar-refractivity contribution < 1.29 is 13.3 Å². The third kappa shape index (κ3) is 7.56. The molecule has 0 heterocycles. The van der Waals surface area contributed by atoms with Crippen molar-refractivity contribution in [3.63, 3.8) is 0 Å². The van der Waals surface area contributed by atoms with Gasteiger partial charge in [-0.15, -0.1) is 0 Å². The fraction of sp³-hybridized carbons (Fsp3) is 1.00. The summed E-state index contributed by atoms with van der Waals surface area (Å²) in [5, 5.41) is 0. The molecular weight excluding hydrogens is 236 g/mol. The summed E-state index contributed by atoms with van der Waals surface area (Å²) in [6, 6.07) is 0.933. The zero-order chi connectivity index (χ0) is 11.6. The van der Waals surface area contributed by atoms with Crippen LogP contribution in [-0.2, 0) is 13.3 Å². The van der Waals surface area contributed by atoms with Gasteiger partial charge in [0.25, 0.3) is 0 Å². The Bertz CT molecular complexity index is 133. The van der Waals surface area contributed by atoms with Gasteiger partial charge < -0.3 is 13.3 Å². The van der Waals surface area contributed by atoms with Crippen molar-refractivity contribution >= 4 is 19.8 Å². The molecule has 0 fully saturated rings. The normalized spacial score (nSPS) is 11.2. The van der Waals surface area contributed by atoms with Gasteiger partial charge in [0.1, 0.15) is 0 Å². The highest BCUT2D eigenvalue weighted by molar-refractivity contribution is 6.60. The standard InChI is InChI=1S/C11H26O3Si.Si/c1-5-6-7-8-9-10-11-15(12-2,13-3)14-4;/h5-11H2,1-4H3;. The van der Waals surface area contributed by atoms with Gasteiger partial charge in [-0.25, -0.2) is 0 Å². The molecule has 0 aliphatic carbocycles. The predicted octanol–water partition coefficient (Wildman–Crippen LogP) is 2.84. The van der Waals surface area contributed by atoms with Crippen molar-refractivity contribution in [2.45, 2.75) is 51.5 Å². The van der Waals surface area contributed by atoms with E-state index >= 15 is 0 Å². The first-order chi connectivity index (χ1) is 7.24. The minimum Gasteiger partial charge on any atom is -0.377 e. The molecule has 0 aliphatic heterocycles. The lowest BCUT2D eigenvalue weighted by Crippen LogP contribution is -2.42. The van der Waals surface area contributed by atoms with Gasteiger partial charge in [-0.1, -0.05) is 39.0 Å². The zero-order valence-corrected chi connectivity index (χ0v) is 13.2. The topological polar surface area (TPSA) is 27.7 Å². The highest BCUT2D eigenvalue weighted by atomic mass is 28.4. The zero-order valence-electron chi connectivity index (χ0n) is 11.2. The van der Waals surface area contributed by atoms with Gasteiger partial charge in [-0.2, -0.15) is 0 Å². The van der Waals surface area contributed by atoms with Crippen molar-refractivity contribution in [3.05, 3.63) is 0 Å². The molecule has 0 bridgehead atoms. The van der Waals surface area contributed by atoms with Crippen molar-refractivity contribution in [2.75, 3.05) is 21.3 Å². The molecule has 0 amide bonds. The van der Waals surface area contributed by atoms with E-state index in [1.165, 1.54) is 32.1 Å². The summed E-state index contributed by atoms with van der Waals surface area (Å²) in [5.74, 6) is 0. The molecule has 3 nitrogen and oxygen atoms in total. The largest absolute Gasteiger partial charge is 0.500 e. The van der Waals surface area contributed by atoms with Crippen LogP contribution in [-0.4, -0.2) is 41.1 Å². The minimum absolute atomic E-state index is 0. The van der Waals surface area contributed by atoms with Crippen molar-refractivity contribution in [1.82, 2.24) is 0 Å². The van der Waals surface area contributed by atoms with Crippen LogP contribution in [0.3, 0.4) is 0 Å². The molecule has 96 valence electrons. The second-order valence-corrected chi connectivity index (χ2v) is 6.90. The smallest absolute Gasteiger partial charge is 0.377 e. The van der Waals surface area contributed by atoms with E-state index in [4.69, 9.17) is 13.3 Å². The summed E-state index contributed by atoms with van der Waals surface area (Å²) in [6.45, 7) is 2.23. The molecule has 16 heavy (non-hydrogen) atoms. The number of hydrogen-bond donors (Lipinski definition) is 0. The van der Waals surface area contributed by atoms with E-state index in [0.29, 0.717) is 0 Å². The van der Waals surface area contributed by atoms with Crippen LogP contribution in [0.15, 0.2) is 0 Å². The van der Waals surface area contributed by atoms with Gasteiger partial charge >= 0.3 is 8.80 Å². The van der Waals surface area contributed by atoms with Gasteiger partial charge in [0, 0.05) is 38.3 Å². The molecule has 0 unspecified atom stereocenters. The first-order valence-corrected chi connectivity index (χ1v) is 7.83. The van der Waals surface area contributed by atoms with E-state index in [1.54, 1.807) is 21.3 Å². The first-order valence-electron chi connectivity index (χ1n) is 5.90. The molecule has 0 N–H and O–H groups in total. The van der Waals surface area contributed by atoms with Crippen LogP contribution < -0.4 is 0 Å². The number of unbranched alkanes of at least 4 members (excludes halogenated alkanes) is 5. The van der Waals surface area contributed by atoms with E-state index < -0.39 is 8.80 Å². The molecule has 0 spiro atoms. The summed E-state index contributed by atoms with van der Waals surface area (Å²) in [6.07, 6.45) is 7.71. The van der Waals surface area contributed by atoms with Crippen LogP contribution in [0.1, 0.15) is 45.4 Å². The van der Waals surface area contributed by atoms with Crippen molar-refractivity contribution in [1.29, 1.82) is 0 Å². The minimum atomic E-state index is -2.29. The third-order valence-corrected chi connectivity index (χ3v) is 5.60. The monoisotopic (exact) mass is 262 g/mol.